The molecule has 176 valence electrons. The molecule has 2 aromatic rings. The molecule has 0 radical (unpaired) electrons. The Morgan fingerprint density at radius 3 is 2.75 bits per heavy atom. The molecule has 0 bridgehead atoms. The molecule has 32 heavy (non-hydrogen) atoms. The standard InChI is InChI=1S/C23H32N4O4.HI/c1-4-24-22(26-15-23(3,29)20-11-10-16(2)31-20)25-14-17-7-5-8-18(13-17)27-21(28)19-9-6-12-30-19;/h5,7-8,10-11,13,19,29H,4,6,9,12,14-15H2,1-3H3,(H,27,28)(H2,24,25,26);1H. The fraction of sp³-hybridized carbons (Fsp3) is 0.478. The number of guanidine groups is 1. The van der Waals surface area contributed by atoms with Crippen molar-refractivity contribution >= 4 is 41.5 Å². The van der Waals surface area contributed by atoms with Gasteiger partial charge in [0.1, 0.15) is 23.2 Å². The van der Waals surface area contributed by atoms with Crippen LogP contribution in [-0.2, 0) is 21.7 Å². The Kier molecular flexibility index (Phi) is 9.98. The summed E-state index contributed by atoms with van der Waals surface area (Å²) < 4.78 is 11.0. The number of ether oxygens (including phenoxy) is 1. The average Bonchev–Trinajstić information content (AvgIpc) is 3.43. The van der Waals surface area contributed by atoms with Crippen molar-refractivity contribution in [2.75, 3.05) is 25.0 Å². The van der Waals surface area contributed by atoms with Crippen LogP contribution in [0.1, 0.15) is 43.8 Å². The number of anilines is 1. The van der Waals surface area contributed by atoms with Crippen LogP contribution in [0.25, 0.3) is 0 Å². The number of carbonyl (C=O) groups excluding carboxylic acids is 1. The summed E-state index contributed by atoms with van der Waals surface area (Å²) in [4.78, 5) is 16.9. The number of hydrogen-bond acceptors (Lipinski definition) is 5. The first-order valence-corrected chi connectivity index (χ1v) is 10.7. The summed E-state index contributed by atoms with van der Waals surface area (Å²) in [5, 5.41) is 20.0. The molecule has 1 aromatic heterocycles. The Labute approximate surface area is 206 Å². The summed E-state index contributed by atoms with van der Waals surface area (Å²) in [6.07, 6.45) is 1.31. The summed E-state index contributed by atoms with van der Waals surface area (Å²) in [6.45, 7) is 7.50. The smallest absolute Gasteiger partial charge is 0.253 e. The maximum atomic E-state index is 12.3. The zero-order chi connectivity index (χ0) is 22.3. The van der Waals surface area contributed by atoms with Crippen molar-refractivity contribution in [3.63, 3.8) is 0 Å². The molecule has 4 N–H and O–H groups in total. The van der Waals surface area contributed by atoms with E-state index in [9.17, 15) is 9.90 Å². The van der Waals surface area contributed by atoms with Gasteiger partial charge < -0.3 is 30.2 Å². The molecule has 0 aliphatic carbocycles. The lowest BCUT2D eigenvalue weighted by molar-refractivity contribution is -0.124. The van der Waals surface area contributed by atoms with Crippen LogP contribution in [-0.4, -0.2) is 42.8 Å². The lowest BCUT2D eigenvalue weighted by atomic mass is 10.0. The van der Waals surface area contributed by atoms with Gasteiger partial charge in [-0.1, -0.05) is 12.1 Å². The van der Waals surface area contributed by atoms with Gasteiger partial charge in [0.2, 0.25) is 0 Å². The lowest BCUT2D eigenvalue weighted by Gasteiger charge is -2.22. The van der Waals surface area contributed by atoms with Gasteiger partial charge in [-0.25, -0.2) is 4.99 Å². The fourth-order valence-corrected chi connectivity index (χ4v) is 3.33. The van der Waals surface area contributed by atoms with E-state index in [0.29, 0.717) is 31.4 Å². The van der Waals surface area contributed by atoms with Gasteiger partial charge in [0.15, 0.2) is 5.96 Å². The van der Waals surface area contributed by atoms with Crippen LogP contribution < -0.4 is 16.0 Å². The van der Waals surface area contributed by atoms with E-state index in [-0.39, 0.29) is 42.5 Å². The number of aliphatic hydroxyl groups is 1. The SMILES string of the molecule is CCNC(=NCc1cccc(NC(=O)C2CCCO2)c1)NCC(C)(O)c1ccc(C)o1.I. The predicted molar refractivity (Wildman–Crippen MR) is 135 cm³/mol. The van der Waals surface area contributed by atoms with Crippen molar-refractivity contribution in [1.29, 1.82) is 0 Å². The zero-order valence-corrected chi connectivity index (χ0v) is 21.1. The van der Waals surface area contributed by atoms with Crippen molar-refractivity contribution in [3.05, 3.63) is 53.5 Å². The number of aryl methyl sites for hydroxylation is 1. The largest absolute Gasteiger partial charge is 0.463 e. The van der Waals surface area contributed by atoms with Crippen LogP contribution >= 0.6 is 24.0 Å². The first-order chi connectivity index (χ1) is 14.9. The number of nitrogens with zero attached hydrogens (tertiary/aromatic N) is 1. The lowest BCUT2D eigenvalue weighted by Crippen LogP contribution is -2.44. The number of amides is 1. The number of hydrogen-bond donors (Lipinski definition) is 4. The number of aliphatic imine (C=N–C) groups is 1. The minimum absolute atomic E-state index is 0. The van der Waals surface area contributed by atoms with E-state index in [4.69, 9.17) is 9.15 Å². The number of halogens is 1. The third-order valence-corrected chi connectivity index (χ3v) is 5.05. The number of furan rings is 1. The van der Waals surface area contributed by atoms with Crippen molar-refractivity contribution in [3.8, 4) is 0 Å². The summed E-state index contributed by atoms with van der Waals surface area (Å²) in [5.74, 6) is 1.73. The molecule has 8 nitrogen and oxygen atoms in total. The highest BCUT2D eigenvalue weighted by atomic mass is 127. The minimum Gasteiger partial charge on any atom is -0.463 e. The van der Waals surface area contributed by atoms with Crippen LogP contribution in [0.3, 0.4) is 0 Å². The van der Waals surface area contributed by atoms with E-state index in [0.717, 1.165) is 29.9 Å². The molecule has 3 rings (SSSR count). The van der Waals surface area contributed by atoms with E-state index in [1.807, 2.05) is 44.2 Å². The second-order valence-corrected chi connectivity index (χ2v) is 7.92. The van der Waals surface area contributed by atoms with Crippen LogP contribution in [0.2, 0.25) is 0 Å². The Balaban J connectivity index is 0.00000363. The normalized spacial score (nSPS) is 17.9. The fourth-order valence-electron chi connectivity index (χ4n) is 3.33. The van der Waals surface area contributed by atoms with Crippen LogP contribution in [0.4, 0.5) is 5.69 Å². The molecule has 2 unspecified atom stereocenters. The number of benzene rings is 1. The van der Waals surface area contributed by atoms with Crippen LogP contribution in [0, 0.1) is 6.92 Å². The summed E-state index contributed by atoms with van der Waals surface area (Å²) in [7, 11) is 0. The van der Waals surface area contributed by atoms with E-state index in [1.165, 1.54) is 0 Å². The van der Waals surface area contributed by atoms with Gasteiger partial charge in [0.25, 0.3) is 5.91 Å². The van der Waals surface area contributed by atoms with Gasteiger partial charge in [0, 0.05) is 18.8 Å². The monoisotopic (exact) mass is 556 g/mol. The molecular weight excluding hydrogens is 523 g/mol. The predicted octanol–water partition coefficient (Wildman–Crippen LogP) is 3.29. The Morgan fingerprint density at radius 1 is 1.28 bits per heavy atom. The second-order valence-electron chi connectivity index (χ2n) is 7.92. The van der Waals surface area contributed by atoms with Crippen molar-refractivity contribution < 1.29 is 19.1 Å². The summed E-state index contributed by atoms with van der Waals surface area (Å²) in [5.41, 5.74) is 0.509. The van der Waals surface area contributed by atoms with Crippen molar-refractivity contribution in [1.82, 2.24) is 10.6 Å². The van der Waals surface area contributed by atoms with Gasteiger partial charge in [-0.2, -0.15) is 0 Å². The maximum Gasteiger partial charge on any atom is 0.253 e. The third kappa shape index (κ3) is 7.49. The molecule has 2 atom stereocenters. The second kappa shape index (κ2) is 12.2. The van der Waals surface area contributed by atoms with Gasteiger partial charge in [0.05, 0.1) is 13.1 Å². The molecule has 0 saturated carbocycles. The number of nitrogens with one attached hydrogen (secondary N) is 3. The zero-order valence-electron chi connectivity index (χ0n) is 18.8. The molecule has 1 fully saturated rings. The number of rotatable bonds is 8. The molecule has 2 heterocycles. The Bertz CT molecular complexity index is 907. The minimum atomic E-state index is -1.17. The van der Waals surface area contributed by atoms with Gasteiger partial charge >= 0.3 is 0 Å². The van der Waals surface area contributed by atoms with Crippen molar-refractivity contribution in [2.24, 2.45) is 4.99 Å². The highest BCUT2D eigenvalue weighted by Crippen LogP contribution is 2.22. The molecule has 1 amide bonds. The maximum absolute atomic E-state index is 12.3. The molecule has 1 aliphatic rings. The third-order valence-electron chi connectivity index (χ3n) is 5.05. The topological polar surface area (TPSA) is 108 Å². The molecule has 9 heteroatoms. The highest BCUT2D eigenvalue weighted by Gasteiger charge is 2.27. The average molecular weight is 556 g/mol. The Morgan fingerprint density at radius 2 is 2.09 bits per heavy atom. The molecule has 1 saturated heterocycles. The molecule has 1 aliphatic heterocycles. The van der Waals surface area contributed by atoms with Crippen LogP contribution in [0.15, 0.2) is 45.8 Å². The Hall–Kier alpha value is -2.11. The van der Waals surface area contributed by atoms with E-state index >= 15 is 0 Å². The molecule has 0 spiro atoms. The van der Waals surface area contributed by atoms with E-state index in [2.05, 4.69) is 20.9 Å². The number of carbonyl (C=O) groups is 1. The molecule has 1 aromatic carbocycles. The van der Waals surface area contributed by atoms with Crippen LogP contribution in [0.5, 0.6) is 0 Å². The van der Waals surface area contributed by atoms with E-state index < -0.39 is 5.60 Å². The first kappa shape index (κ1) is 26.1. The summed E-state index contributed by atoms with van der Waals surface area (Å²) in [6, 6.07) is 11.2. The van der Waals surface area contributed by atoms with Crippen molar-refractivity contribution in [2.45, 2.75) is 51.9 Å². The van der Waals surface area contributed by atoms with Gasteiger partial charge in [-0.05, 0) is 63.4 Å². The van der Waals surface area contributed by atoms with Gasteiger partial charge in [-0.15, -0.1) is 24.0 Å². The highest BCUT2D eigenvalue weighted by molar-refractivity contribution is 14.0. The quantitative estimate of drug-likeness (QED) is 0.226. The van der Waals surface area contributed by atoms with E-state index in [1.54, 1.807) is 13.0 Å². The first-order valence-electron chi connectivity index (χ1n) is 10.7. The van der Waals surface area contributed by atoms with Gasteiger partial charge in [-0.3, -0.25) is 4.79 Å². The molecular formula is C23H33IN4O4. The summed E-state index contributed by atoms with van der Waals surface area (Å²) >= 11 is 0.